The summed E-state index contributed by atoms with van der Waals surface area (Å²) < 4.78 is 37.7. The van der Waals surface area contributed by atoms with E-state index in [0.717, 1.165) is 43.3 Å². The van der Waals surface area contributed by atoms with Crippen molar-refractivity contribution in [2.24, 2.45) is 5.92 Å². The molecule has 0 radical (unpaired) electrons. The molecule has 0 N–H and O–H groups in total. The Hall–Kier alpha value is -1.44. The zero-order valence-electron chi connectivity index (χ0n) is 12.6. The van der Waals surface area contributed by atoms with Gasteiger partial charge in [0.2, 0.25) is 5.91 Å². The molecule has 0 spiro atoms. The van der Waals surface area contributed by atoms with Crippen LogP contribution in [0.4, 0.5) is 19.0 Å². The van der Waals surface area contributed by atoms with Crippen LogP contribution in [0.5, 0.6) is 0 Å². The van der Waals surface area contributed by atoms with Gasteiger partial charge in [-0.2, -0.15) is 24.9 Å². The van der Waals surface area contributed by atoms with E-state index in [0.29, 0.717) is 18.9 Å². The second-order valence-corrected chi connectivity index (χ2v) is 7.00. The molecule has 2 saturated heterocycles. The van der Waals surface area contributed by atoms with Crippen molar-refractivity contribution in [3.8, 4) is 0 Å². The quantitative estimate of drug-likeness (QED) is 0.825. The number of nitrogens with zero attached hydrogens (tertiary/aromatic N) is 3. The Bertz CT molecular complexity index is 558. The van der Waals surface area contributed by atoms with Crippen molar-refractivity contribution in [2.75, 3.05) is 42.6 Å². The SMILES string of the molecule is O=C([C@@H]1CCN(c2ccc(C(F)(F)F)cn2)C1)N1CCSCC1. The van der Waals surface area contributed by atoms with Gasteiger partial charge < -0.3 is 9.80 Å². The summed E-state index contributed by atoms with van der Waals surface area (Å²) in [5.41, 5.74) is -0.751. The van der Waals surface area contributed by atoms with Crippen molar-refractivity contribution in [1.82, 2.24) is 9.88 Å². The van der Waals surface area contributed by atoms with Gasteiger partial charge in [0.05, 0.1) is 11.5 Å². The first-order chi connectivity index (χ1) is 10.9. The van der Waals surface area contributed by atoms with Gasteiger partial charge in [-0.25, -0.2) is 4.98 Å². The van der Waals surface area contributed by atoms with Crippen LogP contribution in [0.1, 0.15) is 12.0 Å². The van der Waals surface area contributed by atoms with E-state index in [1.807, 2.05) is 21.6 Å². The Labute approximate surface area is 137 Å². The second-order valence-electron chi connectivity index (χ2n) is 5.77. The van der Waals surface area contributed by atoms with Gasteiger partial charge >= 0.3 is 6.18 Å². The molecule has 1 atom stereocenters. The summed E-state index contributed by atoms with van der Waals surface area (Å²) in [5, 5.41) is 0. The molecule has 2 fully saturated rings. The monoisotopic (exact) mass is 345 g/mol. The van der Waals surface area contributed by atoms with Crippen LogP contribution in [0.3, 0.4) is 0 Å². The molecule has 1 aromatic heterocycles. The fraction of sp³-hybridized carbons (Fsp3) is 0.600. The van der Waals surface area contributed by atoms with Gasteiger partial charge in [0.25, 0.3) is 0 Å². The molecular weight excluding hydrogens is 327 g/mol. The van der Waals surface area contributed by atoms with Crippen LogP contribution >= 0.6 is 11.8 Å². The number of thioether (sulfide) groups is 1. The number of hydrogen-bond donors (Lipinski definition) is 0. The van der Waals surface area contributed by atoms with E-state index >= 15 is 0 Å². The van der Waals surface area contributed by atoms with Crippen molar-refractivity contribution in [2.45, 2.75) is 12.6 Å². The van der Waals surface area contributed by atoms with Gasteiger partial charge in [0.1, 0.15) is 5.82 Å². The highest BCUT2D eigenvalue weighted by molar-refractivity contribution is 7.99. The van der Waals surface area contributed by atoms with E-state index in [-0.39, 0.29) is 11.8 Å². The third-order valence-corrected chi connectivity index (χ3v) is 5.20. The van der Waals surface area contributed by atoms with Gasteiger partial charge in [0, 0.05) is 43.9 Å². The maximum Gasteiger partial charge on any atom is 0.417 e. The molecular formula is C15H18F3N3OS. The first kappa shape index (κ1) is 16.4. The lowest BCUT2D eigenvalue weighted by Crippen LogP contribution is -2.42. The average molecular weight is 345 g/mol. The molecule has 1 amide bonds. The number of carbonyl (C=O) groups is 1. The average Bonchev–Trinajstić information content (AvgIpc) is 3.04. The molecule has 2 aliphatic rings. The lowest BCUT2D eigenvalue weighted by atomic mass is 10.1. The van der Waals surface area contributed by atoms with E-state index in [4.69, 9.17) is 0 Å². The summed E-state index contributed by atoms with van der Waals surface area (Å²) in [6, 6.07) is 2.42. The van der Waals surface area contributed by atoms with Gasteiger partial charge in [-0.05, 0) is 18.6 Å². The van der Waals surface area contributed by atoms with E-state index < -0.39 is 11.7 Å². The Kier molecular flexibility index (Phi) is 4.70. The van der Waals surface area contributed by atoms with Gasteiger partial charge in [-0.15, -0.1) is 0 Å². The van der Waals surface area contributed by atoms with E-state index in [1.165, 1.54) is 6.07 Å². The van der Waals surface area contributed by atoms with Crippen LogP contribution in [0.25, 0.3) is 0 Å². The molecule has 1 aromatic rings. The van der Waals surface area contributed by atoms with Crippen molar-refractivity contribution in [3.63, 3.8) is 0 Å². The van der Waals surface area contributed by atoms with Crippen molar-refractivity contribution in [3.05, 3.63) is 23.9 Å². The normalized spacial score (nSPS) is 22.5. The Morgan fingerprint density at radius 2 is 1.96 bits per heavy atom. The van der Waals surface area contributed by atoms with Crippen molar-refractivity contribution < 1.29 is 18.0 Å². The third-order valence-electron chi connectivity index (χ3n) is 4.26. The number of pyridine rings is 1. The molecule has 3 heterocycles. The van der Waals surface area contributed by atoms with Crippen LogP contribution in [0, 0.1) is 5.92 Å². The predicted octanol–water partition coefficient (Wildman–Crippen LogP) is 2.50. The van der Waals surface area contributed by atoms with Crippen LogP contribution in [-0.2, 0) is 11.0 Å². The number of alkyl halides is 3. The number of aromatic nitrogens is 1. The zero-order chi connectivity index (χ0) is 16.4. The Balaban J connectivity index is 1.62. The molecule has 0 bridgehead atoms. The minimum atomic E-state index is -4.37. The molecule has 0 saturated carbocycles. The number of anilines is 1. The Morgan fingerprint density at radius 1 is 1.22 bits per heavy atom. The number of rotatable bonds is 2. The molecule has 3 rings (SSSR count). The minimum absolute atomic E-state index is 0.0813. The van der Waals surface area contributed by atoms with Crippen molar-refractivity contribution >= 4 is 23.5 Å². The minimum Gasteiger partial charge on any atom is -0.356 e. The van der Waals surface area contributed by atoms with Crippen LogP contribution in [0.15, 0.2) is 18.3 Å². The molecule has 126 valence electrons. The predicted molar refractivity (Wildman–Crippen MR) is 83.5 cm³/mol. The summed E-state index contributed by atoms with van der Waals surface area (Å²) in [6.45, 7) is 2.76. The maximum absolute atomic E-state index is 12.6. The highest BCUT2D eigenvalue weighted by Crippen LogP contribution is 2.30. The smallest absolute Gasteiger partial charge is 0.356 e. The van der Waals surface area contributed by atoms with Gasteiger partial charge in [0.15, 0.2) is 0 Å². The van der Waals surface area contributed by atoms with Crippen LogP contribution < -0.4 is 4.90 Å². The maximum atomic E-state index is 12.6. The number of halogens is 3. The van der Waals surface area contributed by atoms with Gasteiger partial charge in [-0.1, -0.05) is 0 Å². The molecule has 0 aromatic carbocycles. The first-order valence-corrected chi connectivity index (χ1v) is 8.75. The topological polar surface area (TPSA) is 36.4 Å². The van der Waals surface area contributed by atoms with E-state index in [1.54, 1.807) is 0 Å². The summed E-state index contributed by atoms with van der Waals surface area (Å²) in [4.78, 5) is 20.2. The Morgan fingerprint density at radius 3 is 2.57 bits per heavy atom. The highest BCUT2D eigenvalue weighted by Gasteiger charge is 2.34. The second kappa shape index (κ2) is 6.59. The molecule has 0 unspecified atom stereocenters. The van der Waals surface area contributed by atoms with Crippen molar-refractivity contribution in [1.29, 1.82) is 0 Å². The van der Waals surface area contributed by atoms with Crippen LogP contribution in [-0.4, -0.2) is 53.5 Å². The molecule has 2 aliphatic heterocycles. The summed E-state index contributed by atoms with van der Waals surface area (Å²) in [6.07, 6.45) is -2.79. The lowest BCUT2D eigenvalue weighted by molar-refractivity contribution is -0.138. The zero-order valence-corrected chi connectivity index (χ0v) is 13.4. The highest BCUT2D eigenvalue weighted by atomic mass is 32.2. The molecule has 8 heteroatoms. The number of carbonyl (C=O) groups excluding carboxylic acids is 1. The summed E-state index contributed by atoms with van der Waals surface area (Å²) in [7, 11) is 0. The van der Waals surface area contributed by atoms with E-state index in [2.05, 4.69) is 4.98 Å². The first-order valence-electron chi connectivity index (χ1n) is 7.60. The third kappa shape index (κ3) is 3.73. The standard InChI is InChI=1S/C15H18F3N3OS/c16-15(17,18)12-1-2-13(19-9-12)21-4-3-11(10-21)14(22)20-5-7-23-8-6-20/h1-2,9,11H,3-8,10H2/t11-/m1/s1. The molecule has 4 nitrogen and oxygen atoms in total. The van der Waals surface area contributed by atoms with Crippen LogP contribution in [0.2, 0.25) is 0 Å². The fourth-order valence-corrected chi connectivity index (χ4v) is 3.86. The molecule has 0 aliphatic carbocycles. The van der Waals surface area contributed by atoms with Gasteiger partial charge in [-0.3, -0.25) is 4.79 Å². The largest absolute Gasteiger partial charge is 0.417 e. The summed E-state index contributed by atoms with van der Waals surface area (Å²) in [5.74, 6) is 2.54. The van der Waals surface area contributed by atoms with E-state index in [9.17, 15) is 18.0 Å². The number of hydrogen-bond acceptors (Lipinski definition) is 4. The summed E-state index contributed by atoms with van der Waals surface area (Å²) >= 11 is 1.85. The molecule has 23 heavy (non-hydrogen) atoms. The lowest BCUT2D eigenvalue weighted by Gasteiger charge is -2.29. The fourth-order valence-electron chi connectivity index (χ4n) is 2.95. The number of amides is 1.